The summed E-state index contributed by atoms with van der Waals surface area (Å²) < 4.78 is 5.19. The van der Waals surface area contributed by atoms with Gasteiger partial charge in [-0.05, 0) is 48.8 Å². The standard InChI is InChI=1S/C19H29NO3/c1-4-17(15-6-8-16(23-3)9-7-15)18(22)20-12-10-19(5-2,14-21)11-13-20/h6-9,17,21H,4-5,10-14H2,1-3H3. The molecule has 0 aliphatic carbocycles. The molecule has 0 spiro atoms. The van der Waals surface area contributed by atoms with Gasteiger partial charge in [-0.25, -0.2) is 0 Å². The number of benzene rings is 1. The fraction of sp³-hybridized carbons (Fsp3) is 0.632. The van der Waals surface area contributed by atoms with E-state index in [1.165, 1.54) is 0 Å². The van der Waals surface area contributed by atoms with Crippen LogP contribution < -0.4 is 4.74 Å². The van der Waals surface area contributed by atoms with E-state index in [-0.39, 0.29) is 23.8 Å². The van der Waals surface area contributed by atoms with Gasteiger partial charge in [-0.15, -0.1) is 0 Å². The van der Waals surface area contributed by atoms with E-state index >= 15 is 0 Å². The average molecular weight is 319 g/mol. The van der Waals surface area contributed by atoms with Crippen molar-refractivity contribution in [1.29, 1.82) is 0 Å². The zero-order valence-electron chi connectivity index (χ0n) is 14.5. The molecule has 0 bridgehead atoms. The van der Waals surface area contributed by atoms with Crippen LogP contribution in [0, 0.1) is 5.41 Å². The summed E-state index contributed by atoms with van der Waals surface area (Å²) in [7, 11) is 1.65. The molecule has 0 saturated carbocycles. The van der Waals surface area contributed by atoms with Crippen LogP contribution >= 0.6 is 0 Å². The van der Waals surface area contributed by atoms with E-state index in [0.29, 0.717) is 0 Å². The zero-order valence-corrected chi connectivity index (χ0v) is 14.5. The number of amides is 1. The molecule has 1 fully saturated rings. The first-order valence-electron chi connectivity index (χ1n) is 8.62. The third kappa shape index (κ3) is 3.86. The summed E-state index contributed by atoms with van der Waals surface area (Å²) in [5, 5.41) is 9.63. The van der Waals surface area contributed by atoms with Crippen molar-refractivity contribution < 1.29 is 14.6 Å². The summed E-state index contributed by atoms with van der Waals surface area (Å²) in [6, 6.07) is 7.79. The molecule has 23 heavy (non-hydrogen) atoms. The molecule has 1 amide bonds. The summed E-state index contributed by atoms with van der Waals surface area (Å²) in [5.74, 6) is 0.925. The molecule has 1 unspecified atom stereocenters. The number of methoxy groups -OCH3 is 1. The lowest BCUT2D eigenvalue weighted by Gasteiger charge is -2.41. The Kier molecular flexibility index (Phi) is 6.05. The zero-order chi connectivity index (χ0) is 16.9. The summed E-state index contributed by atoms with van der Waals surface area (Å²) in [5.41, 5.74) is 1.06. The van der Waals surface area contributed by atoms with E-state index in [1.54, 1.807) is 7.11 Å². The van der Waals surface area contributed by atoms with E-state index in [1.807, 2.05) is 29.2 Å². The predicted molar refractivity (Wildman–Crippen MR) is 91.6 cm³/mol. The van der Waals surface area contributed by atoms with Crippen molar-refractivity contribution in [3.63, 3.8) is 0 Å². The smallest absolute Gasteiger partial charge is 0.230 e. The first kappa shape index (κ1) is 17.8. The molecule has 1 N–H and O–H groups in total. The number of nitrogens with zero attached hydrogens (tertiary/aromatic N) is 1. The van der Waals surface area contributed by atoms with Crippen molar-refractivity contribution in [2.45, 2.75) is 45.4 Å². The Morgan fingerprint density at radius 3 is 2.30 bits per heavy atom. The number of carbonyl (C=O) groups excluding carboxylic acids is 1. The average Bonchev–Trinajstić information content (AvgIpc) is 2.63. The van der Waals surface area contributed by atoms with Gasteiger partial charge in [-0.1, -0.05) is 26.0 Å². The van der Waals surface area contributed by atoms with E-state index in [2.05, 4.69) is 13.8 Å². The molecular weight excluding hydrogens is 290 g/mol. The van der Waals surface area contributed by atoms with Crippen LogP contribution in [0.5, 0.6) is 5.75 Å². The summed E-state index contributed by atoms with van der Waals surface area (Å²) in [6.07, 6.45) is 3.55. The Balaban J connectivity index is 2.05. The van der Waals surface area contributed by atoms with Gasteiger partial charge in [0.2, 0.25) is 5.91 Å². The highest BCUT2D eigenvalue weighted by atomic mass is 16.5. The first-order valence-corrected chi connectivity index (χ1v) is 8.62. The van der Waals surface area contributed by atoms with Crippen LogP contribution in [0.25, 0.3) is 0 Å². The molecular formula is C19H29NO3. The van der Waals surface area contributed by atoms with Gasteiger partial charge in [0.05, 0.1) is 13.0 Å². The van der Waals surface area contributed by atoms with Gasteiger partial charge < -0.3 is 14.7 Å². The van der Waals surface area contributed by atoms with Gasteiger partial charge in [-0.3, -0.25) is 4.79 Å². The van der Waals surface area contributed by atoms with Crippen LogP contribution in [-0.4, -0.2) is 42.7 Å². The molecule has 0 aromatic heterocycles. The Bertz CT molecular complexity index is 498. The van der Waals surface area contributed by atoms with Gasteiger partial charge in [0, 0.05) is 19.7 Å². The lowest BCUT2D eigenvalue weighted by atomic mass is 9.76. The summed E-state index contributed by atoms with van der Waals surface area (Å²) in [4.78, 5) is 14.9. The molecule has 1 heterocycles. The van der Waals surface area contributed by atoms with Gasteiger partial charge in [0.25, 0.3) is 0 Å². The number of ether oxygens (including phenoxy) is 1. The van der Waals surface area contributed by atoms with Crippen molar-refractivity contribution in [3.05, 3.63) is 29.8 Å². The maximum absolute atomic E-state index is 12.9. The van der Waals surface area contributed by atoms with E-state index in [4.69, 9.17) is 4.74 Å². The SMILES string of the molecule is CCC(C(=O)N1CCC(CC)(CO)CC1)c1ccc(OC)cc1. The second kappa shape index (κ2) is 7.82. The third-order valence-corrected chi connectivity index (χ3v) is 5.45. The lowest BCUT2D eigenvalue weighted by molar-refractivity contribution is -0.135. The molecule has 128 valence electrons. The van der Waals surface area contributed by atoms with Crippen LogP contribution in [0.2, 0.25) is 0 Å². The molecule has 1 atom stereocenters. The normalized spacial score (nSPS) is 18.5. The minimum Gasteiger partial charge on any atom is -0.497 e. The Hall–Kier alpha value is -1.55. The monoisotopic (exact) mass is 319 g/mol. The Morgan fingerprint density at radius 2 is 1.87 bits per heavy atom. The lowest BCUT2D eigenvalue weighted by Crippen LogP contribution is -2.46. The van der Waals surface area contributed by atoms with Crippen LogP contribution in [0.1, 0.15) is 51.0 Å². The molecule has 0 radical (unpaired) electrons. The number of aliphatic hydroxyl groups is 1. The first-order chi connectivity index (χ1) is 11.1. The van der Waals surface area contributed by atoms with Crippen LogP contribution in [0.3, 0.4) is 0 Å². The molecule has 4 nitrogen and oxygen atoms in total. The number of rotatable bonds is 6. The van der Waals surface area contributed by atoms with Crippen LogP contribution in [0.4, 0.5) is 0 Å². The second-order valence-corrected chi connectivity index (χ2v) is 6.57. The molecule has 1 aromatic rings. The molecule has 1 aliphatic heterocycles. The van der Waals surface area contributed by atoms with Crippen LogP contribution in [-0.2, 0) is 4.79 Å². The summed E-state index contributed by atoms with van der Waals surface area (Å²) in [6.45, 7) is 5.90. The number of carbonyl (C=O) groups is 1. The maximum atomic E-state index is 12.9. The van der Waals surface area contributed by atoms with Crippen molar-refractivity contribution in [1.82, 2.24) is 4.90 Å². The van der Waals surface area contributed by atoms with Crippen molar-refractivity contribution in [2.75, 3.05) is 26.8 Å². The number of hydrogen-bond donors (Lipinski definition) is 1. The quantitative estimate of drug-likeness (QED) is 0.876. The molecule has 4 heteroatoms. The van der Waals surface area contributed by atoms with Crippen molar-refractivity contribution >= 4 is 5.91 Å². The molecule has 1 aliphatic rings. The highest BCUT2D eigenvalue weighted by Gasteiger charge is 2.35. The summed E-state index contributed by atoms with van der Waals surface area (Å²) >= 11 is 0. The predicted octanol–water partition coefficient (Wildman–Crippen LogP) is 3.20. The van der Waals surface area contributed by atoms with Gasteiger partial charge in [0.15, 0.2) is 0 Å². The molecule has 1 saturated heterocycles. The Labute approximate surface area is 139 Å². The van der Waals surface area contributed by atoms with Crippen molar-refractivity contribution in [2.24, 2.45) is 5.41 Å². The molecule has 1 aromatic carbocycles. The van der Waals surface area contributed by atoms with E-state index < -0.39 is 0 Å². The number of piperidine rings is 1. The van der Waals surface area contributed by atoms with Crippen molar-refractivity contribution in [3.8, 4) is 5.75 Å². The second-order valence-electron chi connectivity index (χ2n) is 6.57. The number of aliphatic hydroxyl groups excluding tert-OH is 1. The maximum Gasteiger partial charge on any atom is 0.230 e. The van der Waals surface area contributed by atoms with Gasteiger partial charge in [-0.2, -0.15) is 0 Å². The van der Waals surface area contributed by atoms with E-state index in [9.17, 15) is 9.90 Å². The number of hydrogen-bond acceptors (Lipinski definition) is 3. The minimum atomic E-state index is -0.0934. The minimum absolute atomic E-state index is 0.0125. The molecule has 2 rings (SSSR count). The van der Waals surface area contributed by atoms with E-state index in [0.717, 1.165) is 50.1 Å². The third-order valence-electron chi connectivity index (χ3n) is 5.45. The highest BCUT2D eigenvalue weighted by Crippen LogP contribution is 2.35. The fourth-order valence-electron chi connectivity index (χ4n) is 3.43. The largest absolute Gasteiger partial charge is 0.497 e. The van der Waals surface area contributed by atoms with Gasteiger partial charge >= 0.3 is 0 Å². The Morgan fingerprint density at radius 1 is 1.26 bits per heavy atom. The topological polar surface area (TPSA) is 49.8 Å². The fourth-order valence-corrected chi connectivity index (χ4v) is 3.43. The van der Waals surface area contributed by atoms with Crippen LogP contribution in [0.15, 0.2) is 24.3 Å². The number of likely N-dealkylation sites (tertiary alicyclic amines) is 1. The highest BCUT2D eigenvalue weighted by molar-refractivity contribution is 5.83. The van der Waals surface area contributed by atoms with Gasteiger partial charge in [0.1, 0.15) is 5.75 Å².